The fraction of sp³-hybridized carbons (Fsp3) is 0.167. The molecule has 0 amide bonds. The third-order valence-corrected chi connectivity index (χ3v) is 3.87. The second kappa shape index (κ2) is 6.64. The molecule has 0 aliphatic heterocycles. The van der Waals surface area contributed by atoms with Gasteiger partial charge in [-0.15, -0.1) is 9.94 Å². The van der Waals surface area contributed by atoms with Crippen LogP contribution >= 0.6 is 0 Å². The third-order valence-electron chi connectivity index (χ3n) is 3.87. The van der Waals surface area contributed by atoms with Crippen LogP contribution in [0.2, 0.25) is 0 Å². The normalized spacial score (nSPS) is 10.5. The van der Waals surface area contributed by atoms with Crippen molar-refractivity contribution < 1.29 is 24.5 Å². The van der Waals surface area contributed by atoms with Crippen molar-refractivity contribution in [2.75, 3.05) is 21.3 Å². The Balaban J connectivity index is 2.20. The minimum Gasteiger partial charge on any atom is -0.508 e. The highest BCUT2D eigenvalue weighted by molar-refractivity contribution is 5.82. The summed E-state index contributed by atoms with van der Waals surface area (Å²) in [5.74, 6) is 1.56. The van der Waals surface area contributed by atoms with E-state index in [1.54, 1.807) is 42.6 Å². The average Bonchev–Trinajstić information content (AvgIpc) is 3.02. The lowest BCUT2D eigenvalue weighted by Gasteiger charge is -2.14. The topological polar surface area (TPSA) is 86.0 Å². The van der Waals surface area contributed by atoms with Crippen LogP contribution in [0.15, 0.2) is 42.6 Å². The van der Waals surface area contributed by atoms with Crippen LogP contribution in [-0.2, 0) is 0 Å². The largest absolute Gasteiger partial charge is 0.508 e. The highest BCUT2D eigenvalue weighted by Crippen LogP contribution is 2.43. The second-order valence-electron chi connectivity index (χ2n) is 5.26. The molecule has 0 spiro atoms. The maximum atomic E-state index is 10.2. The number of nitrogens with zero attached hydrogens (tertiary/aromatic N) is 2. The van der Waals surface area contributed by atoms with E-state index in [-0.39, 0.29) is 5.75 Å². The molecule has 130 valence electrons. The Morgan fingerprint density at radius 2 is 1.48 bits per heavy atom. The number of aromatic hydroxyl groups is 1. The van der Waals surface area contributed by atoms with Crippen molar-refractivity contribution in [3.8, 4) is 45.4 Å². The van der Waals surface area contributed by atoms with Gasteiger partial charge < -0.3 is 24.5 Å². The molecule has 0 atom stereocenters. The van der Waals surface area contributed by atoms with E-state index in [1.165, 1.54) is 21.3 Å². The molecular weight excluding hydrogens is 324 g/mol. The molecule has 3 aromatic rings. The molecule has 2 aromatic carbocycles. The van der Waals surface area contributed by atoms with Gasteiger partial charge in [0.1, 0.15) is 11.4 Å². The van der Waals surface area contributed by atoms with E-state index in [0.717, 1.165) is 10.4 Å². The van der Waals surface area contributed by atoms with Gasteiger partial charge in [-0.05, 0) is 29.8 Å². The van der Waals surface area contributed by atoms with Crippen molar-refractivity contribution in [1.29, 1.82) is 0 Å². The summed E-state index contributed by atoms with van der Waals surface area (Å²) in [7, 11) is 4.58. The van der Waals surface area contributed by atoms with Gasteiger partial charge in [0.15, 0.2) is 11.5 Å². The Morgan fingerprint density at radius 3 is 2.00 bits per heavy atom. The highest BCUT2D eigenvalue weighted by Gasteiger charge is 2.20. The van der Waals surface area contributed by atoms with Gasteiger partial charge >= 0.3 is 0 Å². The lowest BCUT2D eigenvalue weighted by Crippen LogP contribution is -1.99. The van der Waals surface area contributed by atoms with Gasteiger partial charge in [0.25, 0.3) is 0 Å². The van der Waals surface area contributed by atoms with Crippen LogP contribution in [-0.4, -0.2) is 41.6 Å². The SMILES string of the molecule is COc1cc(-c2c(-c3ccc(O)cc3)cnn2O)cc(OC)c1OC. The van der Waals surface area contributed by atoms with Crippen LogP contribution in [0.3, 0.4) is 0 Å². The Morgan fingerprint density at radius 1 is 0.880 bits per heavy atom. The summed E-state index contributed by atoms with van der Waals surface area (Å²) < 4.78 is 16.1. The van der Waals surface area contributed by atoms with Gasteiger partial charge in [-0.3, -0.25) is 0 Å². The summed E-state index contributed by atoms with van der Waals surface area (Å²) in [4.78, 5) is 0.795. The van der Waals surface area contributed by atoms with Gasteiger partial charge in [0.05, 0.1) is 27.5 Å². The number of phenols is 1. The van der Waals surface area contributed by atoms with Crippen molar-refractivity contribution in [3.05, 3.63) is 42.6 Å². The van der Waals surface area contributed by atoms with Crippen molar-refractivity contribution in [2.45, 2.75) is 0 Å². The zero-order valence-electron chi connectivity index (χ0n) is 14.1. The van der Waals surface area contributed by atoms with Gasteiger partial charge in [0, 0.05) is 11.1 Å². The molecule has 0 bridgehead atoms. The molecule has 1 aromatic heterocycles. The predicted molar refractivity (Wildman–Crippen MR) is 91.6 cm³/mol. The van der Waals surface area contributed by atoms with Gasteiger partial charge in [-0.1, -0.05) is 12.1 Å². The quantitative estimate of drug-likeness (QED) is 0.693. The van der Waals surface area contributed by atoms with E-state index in [4.69, 9.17) is 14.2 Å². The smallest absolute Gasteiger partial charge is 0.203 e. The monoisotopic (exact) mass is 342 g/mol. The standard InChI is InChI=1S/C18H18N2O5/c1-23-15-8-12(9-16(24-2)18(15)25-3)17-14(10-19-20(17)22)11-4-6-13(21)7-5-11/h4-10,21-22H,1-3H3. The molecule has 0 aliphatic carbocycles. The number of hydrogen-bond acceptors (Lipinski definition) is 6. The molecule has 0 fully saturated rings. The maximum Gasteiger partial charge on any atom is 0.203 e. The molecule has 7 heteroatoms. The first kappa shape index (κ1) is 16.5. The summed E-state index contributed by atoms with van der Waals surface area (Å²) in [5.41, 5.74) is 2.58. The average molecular weight is 342 g/mol. The Bertz CT molecular complexity index is 862. The Kier molecular flexibility index (Phi) is 4.38. The number of rotatable bonds is 5. The fourth-order valence-electron chi connectivity index (χ4n) is 2.68. The molecule has 3 rings (SSSR count). The first-order valence-electron chi connectivity index (χ1n) is 7.46. The molecule has 0 saturated heterocycles. The number of aromatic nitrogens is 2. The zero-order valence-corrected chi connectivity index (χ0v) is 14.1. The fourth-order valence-corrected chi connectivity index (χ4v) is 2.68. The van der Waals surface area contributed by atoms with E-state index < -0.39 is 0 Å². The molecule has 0 saturated carbocycles. The third kappa shape index (κ3) is 2.91. The number of hydrogen-bond donors (Lipinski definition) is 2. The first-order chi connectivity index (χ1) is 12.1. The van der Waals surface area contributed by atoms with Crippen molar-refractivity contribution >= 4 is 0 Å². The molecular formula is C18H18N2O5. The summed E-state index contributed by atoms with van der Waals surface area (Å²) in [5, 5.41) is 23.6. The van der Waals surface area contributed by atoms with Crippen LogP contribution in [0.25, 0.3) is 22.4 Å². The summed E-state index contributed by atoms with van der Waals surface area (Å²) in [6, 6.07) is 10.1. The summed E-state index contributed by atoms with van der Waals surface area (Å²) >= 11 is 0. The Hall–Kier alpha value is -3.35. The Labute approximate surface area is 144 Å². The lowest BCUT2D eigenvalue weighted by molar-refractivity contribution is 0.153. The zero-order chi connectivity index (χ0) is 18.0. The van der Waals surface area contributed by atoms with Gasteiger partial charge in [0.2, 0.25) is 5.75 Å². The van der Waals surface area contributed by atoms with Crippen molar-refractivity contribution in [2.24, 2.45) is 0 Å². The van der Waals surface area contributed by atoms with Gasteiger partial charge in [-0.25, -0.2) is 0 Å². The molecule has 2 N–H and O–H groups in total. The van der Waals surface area contributed by atoms with Crippen LogP contribution in [0.5, 0.6) is 23.0 Å². The number of ether oxygens (including phenoxy) is 3. The van der Waals surface area contributed by atoms with E-state index in [9.17, 15) is 10.3 Å². The van der Waals surface area contributed by atoms with E-state index >= 15 is 0 Å². The van der Waals surface area contributed by atoms with E-state index in [1.807, 2.05) is 0 Å². The molecule has 1 heterocycles. The van der Waals surface area contributed by atoms with E-state index in [0.29, 0.717) is 34.1 Å². The minimum atomic E-state index is 0.162. The lowest BCUT2D eigenvalue weighted by atomic mass is 10.0. The molecule has 0 radical (unpaired) electrons. The molecule has 0 aliphatic rings. The van der Waals surface area contributed by atoms with Crippen LogP contribution in [0.4, 0.5) is 0 Å². The molecule has 25 heavy (non-hydrogen) atoms. The van der Waals surface area contributed by atoms with Crippen LogP contribution in [0.1, 0.15) is 0 Å². The van der Waals surface area contributed by atoms with Crippen molar-refractivity contribution in [3.63, 3.8) is 0 Å². The van der Waals surface area contributed by atoms with Gasteiger partial charge in [-0.2, -0.15) is 0 Å². The summed E-state index contributed by atoms with van der Waals surface area (Å²) in [6.45, 7) is 0. The number of benzene rings is 2. The highest BCUT2D eigenvalue weighted by atomic mass is 16.5. The van der Waals surface area contributed by atoms with Crippen molar-refractivity contribution in [1.82, 2.24) is 9.94 Å². The first-order valence-corrected chi connectivity index (χ1v) is 7.46. The predicted octanol–water partition coefficient (Wildman–Crippen LogP) is 3.19. The summed E-state index contributed by atoms with van der Waals surface area (Å²) in [6.07, 6.45) is 1.55. The number of methoxy groups -OCH3 is 3. The van der Waals surface area contributed by atoms with Crippen LogP contribution in [0, 0.1) is 0 Å². The van der Waals surface area contributed by atoms with Crippen LogP contribution < -0.4 is 14.2 Å². The maximum absolute atomic E-state index is 10.2. The van der Waals surface area contributed by atoms with E-state index in [2.05, 4.69) is 5.10 Å². The molecule has 0 unspecified atom stereocenters. The molecule has 7 nitrogen and oxygen atoms in total. The number of phenolic OH excluding ortho intramolecular Hbond substituents is 1. The minimum absolute atomic E-state index is 0.162. The second-order valence-corrected chi connectivity index (χ2v) is 5.26.